The second-order valence-corrected chi connectivity index (χ2v) is 8.53. The molecule has 1 aliphatic rings. The molecule has 0 aliphatic carbocycles. The van der Waals surface area contributed by atoms with Crippen LogP contribution in [0.25, 0.3) is 0 Å². The molecule has 1 N–H and O–H groups in total. The summed E-state index contributed by atoms with van der Waals surface area (Å²) in [7, 11) is -3.06. The van der Waals surface area contributed by atoms with Crippen LogP contribution in [0.4, 0.5) is 5.82 Å². The zero-order valence-corrected chi connectivity index (χ0v) is 14.4. The minimum Gasteiger partial charge on any atom is -0.391 e. The Bertz CT molecular complexity index is 778. The molecule has 128 valence electrons. The van der Waals surface area contributed by atoms with Crippen molar-refractivity contribution in [2.45, 2.75) is 18.3 Å². The Balaban J connectivity index is 1.66. The number of sulfone groups is 1. The van der Waals surface area contributed by atoms with Crippen molar-refractivity contribution in [1.82, 2.24) is 9.97 Å². The molecule has 0 aromatic carbocycles. The highest BCUT2D eigenvalue weighted by Crippen LogP contribution is 2.25. The second-order valence-electron chi connectivity index (χ2n) is 6.39. The van der Waals surface area contributed by atoms with Crippen molar-refractivity contribution < 1.29 is 13.5 Å². The van der Waals surface area contributed by atoms with Gasteiger partial charge in [0.25, 0.3) is 0 Å². The van der Waals surface area contributed by atoms with E-state index in [9.17, 15) is 13.5 Å². The predicted molar refractivity (Wildman–Crippen MR) is 92.4 cm³/mol. The van der Waals surface area contributed by atoms with Crippen molar-refractivity contribution in [2.24, 2.45) is 5.92 Å². The zero-order valence-electron chi connectivity index (χ0n) is 13.5. The van der Waals surface area contributed by atoms with Crippen LogP contribution in [-0.4, -0.2) is 48.9 Å². The van der Waals surface area contributed by atoms with E-state index >= 15 is 0 Å². The van der Waals surface area contributed by atoms with Gasteiger partial charge in [0.2, 0.25) is 0 Å². The summed E-state index contributed by atoms with van der Waals surface area (Å²) in [6.45, 7) is 1.26. The molecule has 3 rings (SSSR count). The van der Waals surface area contributed by atoms with Gasteiger partial charge in [0, 0.05) is 43.9 Å². The first-order chi connectivity index (χ1) is 11.4. The summed E-state index contributed by atoms with van der Waals surface area (Å²) in [5, 5.41) is 10.3. The SMILES string of the molecule is CS(=O)(=O)Cc1ccc(N2C[C@@H](Cc3ccncc3)[C@@H](O)C2)nc1. The highest BCUT2D eigenvalue weighted by atomic mass is 32.2. The lowest BCUT2D eigenvalue weighted by Gasteiger charge is -2.17. The van der Waals surface area contributed by atoms with Crippen molar-refractivity contribution >= 4 is 15.7 Å². The minimum atomic E-state index is -3.06. The highest BCUT2D eigenvalue weighted by molar-refractivity contribution is 7.89. The molecule has 24 heavy (non-hydrogen) atoms. The summed E-state index contributed by atoms with van der Waals surface area (Å²) in [5.74, 6) is 0.904. The molecular formula is C17H21N3O3S. The number of hydrogen-bond acceptors (Lipinski definition) is 6. The molecule has 1 aliphatic heterocycles. The van der Waals surface area contributed by atoms with Gasteiger partial charge in [-0.15, -0.1) is 0 Å². The maximum absolute atomic E-state index is 11.3. The molecule has 7 heteroatoms. The molecule has 3 heterocycles. The van der Waals surface area contributed by atoms with Gasteiger partial charge in [0.1, 0.15) is 5.82 Å². The van der Waals surface area contributed by atoms with Gasteiger partial charge in [0.15, 0.2) is 9.84 Å². The normalized spacial score (nSPS) is 21.2. The van der Waals surface area contributed by atoms with E-state index < -0.39 is 15.9 Å². The van der Waals surface area contributed by atoms with E-state index in [1.54, 1.807) is 24.7 Å². The fraction of sp³-hybridized carbons (Fsp3) is 0.412. The topological polar surface area (TPSA) is 83.4 Å². The van der Waals surface area contributed by atoms with Crippen LogP contribution in [0.5, 0.6) is 0 Å². The third-order valence-corrected chi connectivity index (χ3v) is 5.07. The van der Waals surface area contributed by atoms with Crippen molar-refractivity contribution in [3.05, 3.63) is 54.0 Å². The summed E-state index contributed by atoms with van der Waals surface area (Å²) < 4.78 is 22.7. The number of aliphatic hydroxyl groups excluding tert-OH is 1. The van der Waals surface area contributed by atoms with Crippen molar-refractivity contribution in [2.75, 3.05) is 24.2 Å². The van der Waals surface area contributed by atoms with Gasteiger partial charge < -0.3 is 10.0 Å². The monoisotopic (exact) mass is 347 g/mol. The molecule has 0 amide bonds. The summed E-state index contributed by atoms with van der Waals surface area (Å²) >= 11 is 0. The first-order valence-corrected chi connectivity index (χ1v) is 9.91. The Morgan fingerprint density at radius 1 is 1.17 bits per heavy atom. The molecule has 1 fully saturated rings. The second kappa shape index (κ2) is 6.86. The molecule has 0 saturated carbocycles. The molecule has 2 atom stereocenters. The van der Waals surface area contributed by atoms with Crippen LogP contribution in [0.15, 0.2) is 42.9 Å². The van der Waals surface area contributed by atoms with Crippen molar-refractivity contribution in [3.63, 3.8) is 0 Å². The fourth-order valence-electron chi connectivity index (χ4n) is 3.06. The van der Waals surface area contributed by atoms with E-state index in [0.29, 0.717) is 12.1 Å². The van der Waals surface area contributed by atoms with Gasteiger partial charge in [-0.3, -0.25) is 4.98 Å². The lowest BCUT2D eigenvalue weighted by molar-refractivity contribution is 0.148. The maximum atomic E-state index is 11.3. The van der Waals surface area contributed by atoms with Gasteiger partial charge in [0.05, 0.1) is 11.9 Å². The van der Waals surface area contributed by atoms with E-state index in [0.717, 1.165) is 24.3 Å². The van der Waals surface area contributed by atoms with Gasteiger partial charge in [-0.2, -0.15) is 0 Å². The lowest BCUT2D eigenvalue weighted by atomic mass is 9.97. The number of β-amino-alcohol motifs (C(OH)–C–C–N with tert-alkyl or cyclic N) is 1. The number of rotatable bonds is 5. The number of nitrogens with zero attached hydrogens (tertiary/aromatic N) is 3. The average molecular weight is 347 g/mol. The molecule has 0 radical (unpaired) electrons. The van der Waals surface area contributed by atoms with Crippen LogP contribution in [0, 0.1) is 5.92 Å². The van der Waals surface area contributed by atoms with E-state index in [1.807, 2.05) is 23.1 Å². The predicted octanol–water partition coefficient (Wildman–Crippen LogP) is 1.06. The van der Waals surface area contributed by atoms with Gasteiger partial charge in [-0.1, -0.05) is 6.07 Å². The zero-order chi connectivity index (χ0) is 17.2. The molecular weight excluding hydrogens is 326 g/mol. The smallest absolute Gasteiger partial charge is 0.151 e. The molecule has 0 spiro atoms. The van der Waals surface area contributed by atoms with E-state index in [1.165, 1.54) is 6.26 Å². The molecule has 6 nitrogen and oxygen atoms in total. The first-order valence-electron chi connectivity index (χ1n) is 7.85. The van der Waals surface area contributed by atoms with Crippen LogP contribution in [0.3, 0.4) is 0 Å². The first kappa shape index (κ1) is 16.9. The van der Waals surface area contributed by atoms with Crippen molar-refractivity contribution in [3.8, 4) is 0 Å². The fourth-order valence-corrected chi connectivity index (χ4v) is 3.83. The maximum Gasteiger partial charge on any atom is 0.151 e. The summed E-state index contributed by atoms with van der Waals surface area (Å²) in [6, 6.07) is 7.54. The van der Waals surface area contributed by atoms with E-state index in [2.05, 4.69) is 9.97 Å². The Morgan fingerprint density at radius 3 is 2.54 bits per heavy atom. The van der Waals surface area contributed by atoms with Crippen molar-refractivity contribution in [1.29, 1.82) is 0 Å². The third-order valence-electron chi connectivity index (χ3n) is 4.22. The van der Waals surface area contributed by atoms with Gasteiger partial charge >= 0.3 is 0 Å². The van der Waals surface area contributed by atoms with Crippen LogP contribution >= 0.6 is 0 Å². The molecule has 0 unspecified atom stereocenters. The van der Waals surface area contributed by atoms with Crippen LogP contribution in [0.1, 0.15) is 11.1 Å². The number of aliphatic hydroxyl groups is 1. The van der Waals surface area contributed by atoms with Crippen LogP contribution in [-0.2, 0) is 22.0 Å². The molecule has 1 saturated heterocycles. The minimum absolute atomic E-state index is 0.00638. The number of aromatic nitrogens is 2. The number of anilines is 1. The summed E-state index contributed by atoms with van der Waals surface area (Å²) in [4.78, 5) is 10.4. The standard InChI is InChI=1S/C17H21N3O3S/c1-24(22,23)12-14-2-3-17(19-9-14)20-10-15(16(21)11-20)8-13-4-6-18-7-5-13/h2-7,9,15-16,21H,8,10-12H2,1H3/t15-,16+/m1/s1. The van der Waals surface area contributed by atoms with E-state index in [-0.39, 0.29) is 11.7 Å². The largest absolute Gasteiger partial charge is 0.391 e. The number of hydrogen-bond donors (Lipinski definition) is 1. The Labute approximate surface area is 142 Å². The summed E-state index contributed by atoms with van der Waals surface area (Å²) in [6.07, 6.45) is 6.72. The lowest BCUT2D eigenvalue weighted by Crippen LogP contribution is -2.22. The molecule has 0 bridgehead atoms. The third kappa shape index (κ3) is 4.30. The van der Waals surface area contributed by atoms with Gasteiger partial charge in [-0.25, -0.2) is 13.4 Å². The van der Waals surface area contributed by atoms with E-state index in [4.69, 9.17) is 0 Å². The summed E-state index contributed by atoms with van der Waals surface area (Å²) in [5.41, 5.74) is 1.83. The van der Waals surface area contributed by atoms with Gasteiger partial charge in [-0.05, 0) is 35.7 Å². The highest BCUT2D eigenvalue weighted by Gasteiger charge is 2.32. The molecule has 2 aromatic heterocycles. The molecule has 2 aromatic rings. The number of pyridine rings is 2. The van der Waals surface area contributed by atoms with Crippen LogP contribution < -0.4 is 4.90 Å². The Morgan fingerprint density at radius 2 is 1.92 bits per heavy atom. The quantitative estimate of drug-likeness (QED) is 0.871. The Kier molecular flexibility index (Phi) is 4.82. The van der Waals surface area contributed by atoms with Crippen LogP contribution in [0.2, 0.25) is 0 Å². The average Bonchev–Trinajstić information content (AvgIpc) is 2.88. The Hall–Kier alpha value is -1.99.